The second-order valence-corrected chi connectivity index (χ2v) is 4.14. The monoisotopic (exact) mass is 297 g/mol. The van der Waals surface area contributed by atoms with Gasteiger partial charge in [-0.25, -0.2) is 9.78 Å². The molecule has 2 rings (SSSR count). The molecule has 0 aliphatic heterocycles. The molecular formula is C13H10F3N3O2. The number of anilines is 3. The Balaban J connectivity index is 2.34. The third-order valence-corrected chi connectivity index (χ3v) is 2.60. The molecule has 0 amide bonds. The molecule has 1 heterocycles. The van der Waals surface area contributed by atoms with Crippen molar-refractivity contribution >= 4 is 23.2 Å². The normalized spacial score (nSPS) is 11.2. The number of halogens is 3. The van der Waals surface area contributed by atoms with Gasteiger partial charge in [0.15, 0.2) is 11.5 Å². The second-order valence-electron chi connectivity index (χ2n) is 4.14. The van der Waals surface area contributed by atoms with E-state index >= 15 is 0 Å². The van der Waals surface area contributed by atoms with E-state index in [4.69, 9.17) is 10.8 Å². The van der Waals surface area contributed by atoms with Crippen LogP contribution in [0, 0.1) is 0 Å². The van der Waals surface area contributed by atoms with Gasteiger partial charge in [-0.3, -0.25) is 0 Å². The zero-order valence-corrected chi connectivity index (χ0v) is 10.5. The van der Waals surface area contributed by atoms with Crippen molar-refractivity contribution in [1.82, 2.24) is 4.98 Å². The molecule has 1 aromatic heterocycles. The highest BCUT2D eigenvalue weighted by Crippen LogP contribution is 2.31. The van der Waals surface area contributed by atoms with Crippen LogP contribution in [0.15, 0.2) is 36.4 Å². The molecule has 0 saturated heterocycles. The molecule has 2 aromatic rings. The van der Waals surface area contributed by atoms with Gasteiger partial charge in [-0.05, 0) is 30.3 Å². The Morgan fingerprint density at radius 3 is 2.57 bits per heavy atom. The average Bonchev–Trinajstić information content (AvgIpc) is 2.40. The first-order valence-electron chi connectivity index (χ1n) is 5.71. The fourth-order valence-electron chi connectivity index (χ4n) is 1.60. The van der Waals surface area contributed by atoms with E-state index in [1.54, 1.807) is 0 Å². The van der Waals surface area contributed by atoms with E-state index in [-0.39, 0.29) is 22.9 Å². The van der Waals surface area contributed by atoms with Crippen molar-refractivity contribution in [1.29, 1.82) is 0 Å². The molecule has 110 valence electrons. The minimum Gasteiger partial charge on any atom is -0.477 e. The van der Waals surface area contributed by atoms with Gasteiger partial charge in [-0.1, -0.05) is 6.07 Å². The summed E-state index contributed by atoms with van der Waals surface area (Å²) in [6.45, 7) is 0. The van der Waals surface area contributed by atoms with Gasteiger partial charge in [0.2, 0.25) is 0 Å². The summed E-state index contributed by atoms with van der Waals surface area (Å²) in [5.74, 6) is -1.28. The van der Waals surface area contributed by atoms with Crippen molar-refractivity contribution < 1.29 is 23.1 Å². The molecule has 0 fully saturated rings. The second kappa shape index (κ2) is 5.31. The average molecular weight is 297 g/mol. The summed E-state index contributed by atoms with van der Waals surface area (Å²) in [6.07, 6.45) is -4.47. The van der Waals surface area contributed by atoms with Crippen LogP contribution >= 0.6 is 0 Å². The predicted molar refractivity (Wildman–Crippen MR) is 70.3 cm³/mol. The number of nitrogen functional groups attached to an aromatic ring is 1. The predicted octanol–water partition coefficient (Wildman–Crippen LogP) is 3.12. The van der Waals surface area contributed by atoms with Crippen LogP contribution in [0.1, 0.15) is 16.1 Å². The van der Waals surface area contributed by atoms with Crippen molar-refractivity contribution in [2.75, 3.05) is 11.1 Å². The summed E-state index contributed by atoms with van der Waals surface area (Å²) in [6, 6.07) is 6.94. The zero-order chi connectivity index (χ0) is 15.6. The lowest BCUT2D eigenvalue weighted by Crippen LogP contribution is -2.07. The van der Waals surface area contributed by atoms with Gasteiger partial charge in [0.05, 0.1) is 11.3 Å². The number of nitrogens with zero attached hydrogens (tertiary/aromatic N) is 1. The number of rotatable bonds is 3. The number of carbonyl (C=O) groups is 1. The molecule has 5 nitrogen and oxygen atoms in total. The third kappa shape index (κ3) is 3.41. The fourth-order valence-corrected chi connectivity index (χ4v) is 1.60. The smallest absolute Gasteiger partial charge is 0.416 e. The van der Waals surface area contributed by atoms with E-state index in [0.29, 0.717) is 0 Å². The summed E-state index contributed by atoms with van der Waals surface area (Å²) in [5.41, 5.74) is 4.75. The number of alkyl halides is 3. The van der Waals surface area contributed by atoms with E-state index in [2.05, 4.69) is 10.3 Å². The minimum atomic E-state index is -4.47. The van der Waals surface area contributed by atoms with Gasteiger partial charge in [0.25, 0.3) is 0 Å². The van der Waals surface area contributed by atoms with Crippen LogP contribution in [-0.2, 0) is 6.18 Å². The molecule has 0 aliphatic rings. The molecule has 0 bridgehead atoms. The van der Waals surface area contributed by atoms with Crippen LogP contribution in [-0.4, -0.2) is 16.1 Å². The molecule has 21 heavy (non-hydrogen) atoms. The van der Waals surface area contributed by atoms with E-state index in [0.717, 1.165) is 12.1 Å². The number of aromatic carboxylic acids is 1. The first-order chi connectivity index (χ1) is 9.77. The number of nitrogens with two attached hydrogens (primary N) is 1. The van der Waals surface area contributed by atoms with Crippen LogP contribution in [0.2, 0.25) is 0 Å². The quantitative estimate of drug-likeness (QED) is 0.810. The van der Waals surface area contributed by atoms with E-state index < -0.39 is 17.7 Å². The Morgan fingerprint density at radius 2 is 1.95 bits per heavy atom. The lowest BCUT2D eigenvalue weighted by Gasteiger charge is -2.11. The first kappa shape index (κ1) is 14.6. The maximum absolute atomic E-state index is 12.6. The maximum Gasteiger partial charge on any atom is 0.416 e. The summed E-state index contributed by atoms with van der Waals surface area (Å²) >= 11 is 0. The Labute approximate surface area is 117 Å². The molecule has 0 spiro atoms. The fraction of sp³-hybridized carbons (Fsp3) is 0.0769. The van der Waals surface area contributed by atoms with Crippen molar-refractivity contribution in [2.45, 2.75) is 6.18 Å². The highest BCUT2D eigenvalue weighted by atomic mass is 19.4. The van der Waals surface area contributed by atoms with Gasteiger partial charge in [-0.15, -0.1) is 0 Å². The maximum atomic E-state index is 12.6. The molecule has 0 unspecified atom stereocenters. The van der Waals surface area contributed by atoms with Crippen molar-refractivity contribution in [3.8, 4) is 0 Å². The molecule has 0 atom stereocenters. The lowest BCUT2D eigenvalue weighted by molar-refractivity contribution is -0.137. The Kier molecular flexibility index (Phi) is 3.70. The molecule has 0 aliphatic carbocycles. The third-order valence-electron chi connectivity index (χ3n) is 2.60. The van der Waals surface area contributed by atoms with Gasteiger partial charge in [0.1, 0.15) is 0 Å². The number of hydrogen-bond acceptors (Lipinski definition) is 4. The molecule has 1 aromatic carbocycles. The van der Waals surface area contributed by atoms with E-state index in [1.165, 1.54) is 24.3 Å². The Morgan fingerprint density at radius 1 is 1.24 bits per heavy atom. The number of hydrogen-bond donors (Lipinski definition) is 3. The summed E-state index contributed by atoms with van der Waals surface area (Å²) in [4.78, 5) is 14.6. The first-order valence-corrected chi connectivity index (χ1v) is 5.71. The number of aromatic nitrogens is 1. The SMILES string of the molecule is Nc1ccc(C(=O)O)nc1Nc1cccc(C(F)(F)F)c1. The highest BCUT2D eigenvalue weighted by Gasteiger charge is 2.30. The Bertz CT molecular complexity index is 687. The number of carboxylic acid groups (broad SMARTS) is 1. The van der Waals surface area contributed by atoms with Crippen LogP contribution < -0.4 is 11.1 Å². The van der Waals surface area contributed by atoms with E-state index in [1.807, 2.05) is 0 Å². The van der Waals surface area contributed by atoms with Crippen LogP contribution in [0.25, 0.3) is 0 Å². The molecule has 0 radical (unpaired) electrons. The lowest BCUT2D eigenvalue weighted by atomic mass is 10.2. The van der Waals surface area contributed by atoms with Gasteiger partial charge < -0.3 is 16.2 Å². The van der Waals surface area contributed by atoms with Gasteiger partial charge in [-0.2, -0.15) is 13.2 Å². The van der Waals surface area contributed by atoms with Gasteiger partial charge in [0, 0.05) is 5.69 Å². The number of benzene rings is 1. The van der Waals surface area contributed by atoms with Crippen molar-refractivity contribution in [3.05, 3.63) is 47.7 Å². The molecule has 8 heteroatoms. The number of pyridine rings is 1. The zero-order valence-electron chi connectivity index (χ0n) is 10.5. The van der Waals surface area contributed by atoms with Crippen LogP contribution in [0.4, 0.5) is 30.4 Å². The molecular weight excluding hydrogens is 287 g/mol. The van der Waals surface area contributed by atoms with Gasteiger partial charge >= 0.3 is 12.1 Å². The number of nitrogens with one attached hydrogen (secondary N) is 1. The van der Waals surface area contributed by atoms with Crippen molar-refractivity contribution in [3.63, 3.8) is 0 Å². The summed E-state index contributed by atoms with van der Waals surface area (Å²) < 4.78 is 37.8. The van der Waals surface area contributed by atoms with Crippen LogP contribution in [0.5, 0.6) is 0 Å². The molecule has 0 saturated carbocycles. The van der Waals surface area contributed by atoms with E-state index in [9.17, 15) is 18.0 Å². The molecule has 4 N–H and O–H groups in total. The number of carboxylic acids is 1. The Hall–Kier alpha value is -2.77. The topological polar surface area (TPSA) is 88.2 Å². The summed E-state index contributed by atoms with van der Waals surface area (Å²) in [5, 5.41) is 11.4. The summed E-state index contributed by atoms with van der Waals surface area (Å²) in [7, 11) is 0. The van der Waals surface area contributed by atoms with Crippen molar-refractivity contribution in [2.24, 2.45) is 0 Å². The standard InChI is InChI=1S/C13H10F3N3O2/c14-13(15,16)7-2-1-3-8(6-7)18-11-9(17)4-5-10(19-11)12(20)21/h1-6H,17H2,(H,18,19)(H,20,21). The largest absolute Gasteiger partial charge is 0.477 e. The minimum absolute atomic E-state index is 0.0192. The highest BCUT2D eigenvalue weighted by molar-refractivity contribution is 5.87. The van der Waals surface area contributed by atoms with Crippen LogP contribution in [0.3, 0.4) is 0 Å².